The smallest absolute Gasteiger partial charge is 0.377 e. The van der Waals surface area contributed by atoms with Crippen LogP contribution in [0.15, 0.2) is 30.2 Å². The van der Waals surface area contributed by atoms with Crippen LogP contribution in [0.25, 0.3) is 0 Å². The topological polar surface area (TPSA) is 80.3 Å². The Kier molecular flexibility index (Phi) is 8.28. The predicted molar refractivity (Wildman–Crippen MR) is 80.9 cm³/mol. The molecule has 0 spiro atoms. The van der Waals surface area contributed by atoms with Gasteiger partial charge < -0.3 is 23.7 Å². The van der Waals surface area contributed by atoms with E-state index >= 15 is 0 Å². The van der Waals surface area contributed by atoms with Crippen LogP contribution in [-0.4, -0.2) is 46.0 Å². The highest BCUT2D eigenvalue weighted by molar-refractivity contribution is 5.93. The number of halogens is 1. The summed E-state index contributed by atoms with van der Waals surface area (Å²) in [6.45, 7) is 2.50. The molecule has 0 saturated heterocycles. The van der Waals surface area contributed by atoms with Gasteiger partial charge in [-0.25, -0.2) is 14.0 Å². The second-order valence-corrected chi connectivity index (χ2v) is 4.28. The van der Waals surface area contributed by atoms with E-state index in [4.69, 9.17) is 18.9 Å². The van der Waals surface area contributed by atoms with Crippen molar-refractivity contribution in [2.75, 3.05) is 34.0 Å². The molecule has 0 bridgehead atoms. The maximum absolute atomic E-state index is 13.4. The van der Waals surface area contributed by atoms with Gasteiger partial charge in [-0.15, -0.1) is 0 Å². The Morgan fingerprint density at radius 2 is 1.96 bits per heavy atom. The van der Waals surface area contributed by atoms with Crippen LogP contribution in [0.5, 0.6) is 5.75 Å². The molecule has 0 amide bonds. The zero-order valence-electron chi connectivity index (χ0n) is 13.7. The summed E-state index contributed by atoms with van der Waals surface area (Å²) in [5, 5.41) is 0. The number of esters is 2. The fraction of sp³-hybridized carbons (Fsp3) is 0.375. The van der Waals surface area contributed by atoms with Gasteiger partial charge in [-0.3, -0.25) is 0 Å². The largest absolute Gasteiger partial charge is 0.500 e. The lowest BCUT2D eigenvalue weighted by molar-refractivity contribution is -0.138. The minimum Gasteiger partial charge on any atom is -0.500 e. The van der Waals surface area contributed by atoms with Gasteiger partial charge in [0, 0.05) is 6.61 Å². The van der Waals surface area contributed by atoms with Crippen molar-refractivity contribution in [3.63, 3.8) is 0 Å². The maximum Gasteiger partial charge on any atom is 0.377 e. The minimum atomic E-state index is -0.822. The van der Waals surface area contributed by atoms with Crippen LogP contribution in [0.3, 0.4) is 0 Å². The number of hydrogen-bond acceptors (Lipinski definition) is 7. The van der Waals surface area contributed by atoms with Gasteiger partial charge in [-0.2, -0.15) is 0 Å². The van der Waals surface area contributed by atoms with E-state index < -0.39 is 17.8 Å². The SMILES string of the molecule is CCOCCOC(=O)c1cc(F)ccc1OC(=COC)C(=O)OC. The molecule has 0 fully saturated rings. The van der Waals surface area contributed by atoms with Gasteiger partial charge in [-0.1, -0.05) is 0 Å². The quantitative estimate of drug-likeness (QED) is 0.294. The van der Waals surface area contributed by atoms with Crippen LogP contribution in [-0.2, 0) is 23.7 Å². The second-order valence-electron chi connectivity index (χ2n) is 4.28. The van der Waals surface area contributed by atoms with E-state index in [0.29, 0.717) is 6.61 Å². The Morgan fingerprint density at radius 3 is 2.58 bits per heavy atom. The van der Waals surface area contributed by atoms with Crippen LogP contribution in [0.1, 0.15) is 17.3 Å². The van der Waals surface area contributed by atoms with Crippen molar-refractivity contribution in [2.45, 2.75) is 6.92 Å². The standard InChI is InChI=1S/C16H19FO7/c1-4-22-7-8-23-15(18)12-9-11(17)5-6-13(12)24-14(10-20-2)16(19)21-3/h5-6,9-10H,4,7-8H2,1-3H3. The molecular weight excluding hydrogens is 323 g/mol. The summed E-state index contributed by atoms with van der Waals surface area (Å²) in [6.07, 6.45) is 0.999. The van der Waals surface area contributed by atoms with Gasteiger partial charge in [-0.05, 0) is 25.1 Å². The molecule has 0 aliphatic rings. The summed E-state index contributed by atoms with van der Waals surface area (Å²) in [4.78, 5) is 23.7. The predicted octanol–water partition coefficient (Wildman–Crippen LogP) is 2.06. The zero-order valence-corrected chi connectivity index (χ0v) is 13.7. The molecular formula is C16H19FO7. The molecule has 0 aliphatic carbocycles. The van der Waals surface area contributed by atoms with Crippen LogP contribution in [0.2, 0.25) is 0 Å². The third-order valence-electron chi connectivity index (χ3n) is 2.66. The van der Waals surface area contributed by atoms with Crippen LogP contribution < -0.4 is 4.74 Å². The maximum atomic E-state index is 13.4. The third kappa shape index (κ3) is 5.88. The molecule has 0 radical (unpaired) electrons. The molecule has 0 aromatic heterocycles. The molecule has 1 aromatic rings. The lowest BCUT2D eigenvalue weighted by Gasteiger charge is -2.12. The van der Waals surface area contributed by atoms with Gasteiger partial charge in [0.25, 0.3) is 0 Å². The number of rotatable bonds is 9. The van der Waals surface area contributed by atoms with Crippen molar-refractivity contribution in [2.24, 2.45) is 0 Å². The molecule has 0 atom stereocenters. The van der Waals surface area contributed by atoms with Crippen molar-refractivity contribution >= 4 is 11.9 Å². The van der Waals surface area contributed by atoms with Gasteiger partial charge in [0.1, 0.15) is 30.0 Å². The monoisotopic (exact) mass is 342 g/mol. The Balaban J connectivity index is 2.96. The third-order valence-corrected chi connectivity index (χ3v) is 2.66. The van der Waals surface area contributed by atoms with Crippen molar-refractivity contribution < 1.29 is 37.7 Å². The molecule has 0 saturated carbocycles. The van der Waals surface area contributed by atoms with Crippen LogP contribution in [0, 0.1) is 5.82 Å². The first-order chi connectivity index (χ1) is 11.5. The van der Waals surface area contributed by atoms with Crippen molar-refractivity contribution in [1.29, 1.82) is 0 Å². The molecule has 1 aromatic carbocycles. The van der Waals surface area contributed by atoms with Crippen molar-refractivity contribution in [1.82, 2.24) is 0 Å². The first kappa shape index (κ1) is 19.4. The van der Waals surface area contributed by atoms with E-state index in [-0.39, 0.29) is 30.3 Å². The lowest BCUT2D eigenvalue weighted by Crippen LogP contribution is -2.15. The summed E-state index contributed by atoms with van der Waals surface area (Å²) in [6, 6.07) is 3.22. The molecule has 0 N–H and O–H groups in total. The van der Waals surface area contributed by atoms with E-state index in [1.807, 2.05) is 0 Å². The van der Waals surface area contributed by atoms with E-state index in [1.165, 1.54) is 13.2 Å². The highest BCUT2D eigenvalue weighted by Crippen LogP contribution is 2.23. The molecule has 0 unspecified atom stereocenters. The van der Waals surface area contributed by atoms with E-state index in [1.54, 1.807) is 6.92 Å². The summed E-state index contributed by atoms with van der Waals surface area (Å²) in [5.74, 6) is -2.68. The van der Waals surface area contributed by atoms with Gasteiger partial charge in [0.2, 0.25) is 5.76 Å². The number of carbonyl (C=O) groups excluding carboxylic acids is 2. The highest BCUT2D eigenvalue weighted by atomic mass is 19.1. The van der Waals surface area contributed by atoms with Gasteiger partial charge >= 0.3 is 11.9 Å². The minimum absolute atomic E-state index is 0.000393. The Labute approximate surface area is 138 Å². The normalized spacial score (nSPS) is 10.9. The van der Waals surface area contributed by atoms with E-state index in [9.17, 15) is 14.0 Å². The Hall–Kier alpha value is -2.61. The number of ether oxygens (including phenoxy) is 5. The molecule has 7 nitrogen and oxygen atoms in total. The molecule has 1 rings (SSSR count). The van der Waals surface area contributed by atoms with Crippen LogP contribution in [0.4, 0.5) is 4.39 Å². The fourth-order valence-corrected chi connectivity index (χ4v) is 1.61. The molecule has 0 heterocycles. The average molecular weight is 342 g/mol. The van der Waals surface area contributed by atoms with Crippen LogP contribution >= 0.6 is 0 Å². The van der Waals surface area contributed by atoms with Gasteiger partial charge in [0.15, 0.2) is 0 Å². The highest BCUT2D eigenvalue weighted by Gasteiger charge is 2.20. The average Bonchev–Trinajstić information content (AvgIpc) is 2.58. The summed E-state index contributed by atoms with van der Waals surface area (Å²) in [5.41, 5.74) is -0.183. The lowest BCUT2D eigenvalue weighted by atomic mass is 10.2. The van der Waals surface area contributed by atoms with E-state index in [2.05, 4.69) is 4.74 Å². The number of methoxy groups -OCH3 is 2. The number of carbonyl (C=O) groups is 2. The molecule has 24 heavy (non-hydrogen) atoms. The first-order valence-corrected chi connectivity index (χ1v) is 7.07. The number of benzene rings is 1. The second kappa shape index (κ2) is 10.2. The summed E-state index contributed by atoms with van der Waals surface area (Å²) >= 11 is 0. The molecule has 8 heteroatoms. The Morgan fingerprint density at radius 1 is 1.21 bits per heavy atom. The molecule has 0 aliphatic heterocycles. The first-order valence-electron chi connectivity index (χ1n) is 7.07. The summed E-state index contributed by atoms with van der Waals surface area (Å²) < 4.78 is 38.0. The summed E-state index contributed by atoms with van der Waals surface area (Å²) in [7, 11) is 2.46. The fourth-order valence-electron chi connectivity index (χ4n) is 1.61. The number of hydrogen-bond donors (Lipinski definition) is 0. The Bertz CT molecular complexity index is 598. The van der Waals surface area contributed by atoms with Crippen molar-refractivity contribution in [3.05, 3.63) is 41.6 Å². The zero-order chi connectivity index (χ0) is 17.9. The molecule has 132 valence electrons. The van der Waals surface area contributed by atoms with E-state index in [0.717, 1.165) is 25.5 Å². The van der Waals surface area contributed by atoms with Crippen molar-refractivity contribution in [3.8, 4) is 5.75 Å². The van der Waals surface area contributed by atoms with Gasteiger partial charge in [0.05, 0.1) is 20.8 Å².